The average Bonchev–Trinajstić information content (AvgIpc) is 2.84. The summed E-state index contributed by atoms with van der Waals surface area (Å²) >= 11 is 1.79. The molecule has 0 bridgehead atoms. The molecule has 0 aliphatic heterocycles. The maximum atomic E-state index is 5.56. The van der Waals surface area contributed by atoms with Gasteiger partial charge in [-0.15, -0.1) is 11.3 Å². The van der Waals surface area contributed by atoms with Crippen LogP contribution in [0.2, 0.25) is 0 Å². The highest BCUT2D eigenvalue weighted by molar-refractivity contribution is 7.09. The summed E-state index contributed by atoms with van der Waals surface area (Å²) in [6, 6.07) is 4.24. The van der Waals surface area contributed by atoms with Crippen LogP contribution in [0.15, 0.2) is 17.5 Å². The third-order valence-electron chi connectivity index (χ3n) is 2.45. The molecule has 1 N–H and O–H groups in total. The molecule has 18 heavy (non-hydrogen) atoms. The molecule has 0 aliphatic carbocycles. The summed E-state index contributed by atoms with van der Waals surface area (Å²) in [7, 11) is 0. The van der Waals surface area contributed by atoms with Crippen LogP contribution in [0.5, 0.6) is 0 Å². The second-order valence-corrected chi connectivity index (χ2v) is 5.50. The van der Waals surface area contributed by atoms with Crippen molar-refractivity contribution in [2.24, 2.45) is 0 Å². The van der Waals surface area contributed by atoms with Gasteiger partial charge in [0.15, 0.2) is 0 Å². The molecular formula is C14H25NO2S. The molecule has 0 atom stereocenters. The Morgan fingerprint density at radius 2 is 2.11 bits per heavy atom. The van der Waals surface area contributed by atoms with Crippen LogP contribution in [0.3, 0.4) is 0 Å². The maximum absolute atomic E-state index is 5.56. The standard InChI is InChI=1S/C14H25NO2S/c1-13(2)17-9-4-7-15-8-11-16-10-6-14-5-3-12-18-14/h3,5,12-13,15H,4,6-11H2,1-2H3. The van der Waals surface area contributed by atoms with Gasteiger partial charge in [-0.2, -0.15) is 0 Å². The first kappa shape index (κ1) is 15.6. The van der Waals surface area contributed by atoms with Gasteiger partial charge in [-0.05, 0) is 38.3 Å². The molecule has 0 spiro atoms. The second kappa shape index (κ2) is 10.5. The Kier molecular flexibility index (Phi) is 9.12. The molecule has 3 nitrogen and oxygen atoms in total. The van der Waals surface area contributed by atoms with E-state index in [2.05, 4.69) is 36.7 Å². The minimum Gasteiger partial charge on any atom is -0.380 e. The normalized spacial score (nSPS) is 11.3. The molecule has 1 heterocycles. The molecular weight excluding hydrogens is 246 g/mol. The number of rotatable bonds is 11. The highest BCUT2D eigenvalue weighted by Gasteiger charge is 1.95. The lowest BCUT2D eigenvalue weighted by Gasteiger charge is -2.08. The lowest BCUT2D eigenvalue weighted by atomic mass is 10.4. The predicted octanol–water partition coefficient (Wildman–Crippen LogP) is 2.71. The van der Waals surface area contributed by atoms with Gasteiger partial charge in [-0.3, -0.25) is 0 Å². The van der Waals surface area contributed by atoms with Crippen molar-refractivity contribution in [2.75, 3.05) is 32.9 Å². The van der Waals surface area contributed by atoms with E-state index in [0.29, 0.717) is 6.10 Å². The van der Waals surface area contributed by atoms with Crippen LogP contribution in [0.25, 0.3) is 0 Å². The van der Waals surface area contributed by atoms with Gasteiger partial charge in [0.05, 0.1) is 19.3 Å². The van der Waals surface area contributed by atoms with Crippen molar-refractivity contribution in [3.05, 3.63) is 22.4 Å². The van der Waals surface area contributed by atoms with Crippen LogP contribution in [0.1, 0.15) is 25.1 Å². The molecule has 0 aromatic carbocycles. The molecule has 1 aromatic heterocycles. The Labute approximate surface area is 114 Å². The number of hydrogen-bond acceptors (Lipinski definition) is 4. The van der Waals surface area contributed by atoms with Crippen molar-refractivity contribution in [1.82, 2.24) is 5.32 Å². The largest absolute Gasteiger partial charge is 0.380 e. The number of hydrogen-bond donors (Lipinski definition) is 1. The van der Waals surface area contributed by atoms with Gasteiger partial charge in [0.25, 0.3) is 0 Å². The van der Waals surface area contributed by atoms with E-state index in [1.807, 2.05) is 0 Å². The smallest absolute Gasteiger partial charge is 0.0591 e. The van der Waals surface area contributed by atoms with Crippen molar-refractivity contribution >= 4 is 11.3 Å². The first-order chi connectivity index (χ1) is 8.79. The van der Waals surface area contributed by atoms with Gasteiger partial charge in [-0.1, -0.05) is 6.07 Å². The molecule has 0 fully saturated rings. The van der Waals surface area contributed by atoms with Crippen LogP contribution in [0, 0.1) is 0 Å². The molecule has 0 unspecified atom stereocenters. The first-order valence-corrected chi connectivity index (χ1v) is 7.59. The van der Waals surface area contributed by atoms with Crippen LogP contribution in [-0.4, -0.2) is 39.0 Å². The van der Waals surface area contributed by atoms with Crippen molar-refractivity contribution in [3.63, 3.8) is 0 Å². The Morgan fingerprint density at radius 1 is 1.22 bits per heavy atom. The van der Waals surface area contributed by atoms with Gasteiger partial charge in [0.2, 0.25) is 0 Å². The summed E-state index contributed by atoms with van der Waals surface area (Å²) in [4.78, 5) is 1.40. The fourth-order valence-corrected chi connectivity index (χ4v) is 2.21. The quantitative estimate of drug-likeness (QED) is 0.628. The van der Waals surface area contributed by atoms with Gasteiger partial charge in [0.1, 0.15) is 0 Å². The van der Waals surface area contributed by atoms with E-state index >= 15 is 0 Å². The van der Waals surface area contributed by atoms with E-state index in [4.69, 9.17) is 9.47 Å². The molecule has 0 radical (unpaired) electrons. The third kappa shape index (κ3) is 8.64. The summed E-state index contributed by atoms with van der Waals surface area (Å²) in [5.41, 5.74) is 0. The SMILES string of the molecule is CC(C)OCCCNCCOCCc1cccs1. The summed E-state index contributed by atoms with van der Waals surface area (Å²) < 4.78 is 11.0. The Morgan fingerprint density at radius 3 is 2.83 bits per heavy atom. The fourth-order valence-electron chi connectivity index (χ4n) is 1.52. The van der Waals surface area contributed by atoms with E-state index in [1.165, 1.54) is 4.88 Å². The molecule has 4 heteroatoms. The van der Waals surface area contributed by atoms with Crippen molar-refractivity contribution in [3.8, 4) is 0 Å². The van der Waals surface area contributed by atoms with Crippen LogP contribution in [0.4, 0.5) is 0 Å². The Hall–Kier alpha value is -0.420. The molecule has 1 aromatic rings. The van der Waals surface area contributed by atoms with Gasteiger partial charge in [0, 0.05) is 24.4 Å². The van der Waals surface area contributed by atoms with Crippen molar-refractivity contribution in [1.29, 1.82) is 0 Å². The summed E-state index contributed by atoms with van der Waals surface area (Å²) in [6.07, 6.45) is 2.43. The van der Waals surface area contributed by atoms with E-state index in [-0.39, 0.29) is 0 Å². The van der Waals surface area contributed by atoms with Gasteiger partial charge < -0.3 is 14.8 Å². The molecule has 0 amide bonds. The monoisotopic (exact) mass is 271 g/mol. The highest BCUT2D eigenvalue weighted by atomic mass is 32.1. The summed E-state index contributed by atoms with van der Waals surface area (Å²) in [6.45, 7) is 8.50. The zero-order valence-corrected chi connectivity index (χ0v) is 12.3. The zero-order chi connectivity index (χ0) is 13.1. The van der Waals surface area contributed by atoms with E-state index in [1.54, 1.807) is 11.3 Å². The molecule has 1 rings (SSSR count). The van der Waals surface area contributed by atoms with E-state index < -0.39 is 0 Å². The maximum Gasteiger partial charge on any atom is 0.0591 e. The van der Waals surface area contributed by atoms with Gasteiger partial charge >= 0.3 is 0 Å². The minimum atomic E-state index is 0.339. The minimum absolute atomic E-state index is 0.339. The van der Waals surface area contributed by atoms with Crippen LogP contribution in [-0.2, 0) is 15.9 Å². The van der Waals surface area contributed by atoms with Crippen molar-refractivity contribution < 1.29 is 9.47 Å². The molecule has 104 valence electrons. The van der Waals surface area contributed by atoms with Gasteiger partial charge in [-0.25, -0.2) is 0 Å². The van der Waals surface area contributed by atoms with Crippen LogP contribution >= 0.6 is 11.3 Å². The van der Waals surface area contributed by atoms with E-state index in [0.717, 1.165) is 45.8 Å². The average molecular weight is 271 g/mol. The first-order valence-electron chi connectivity index (χ1n) is 6.71. The van der Waals surface area contributed by atoms with Crippen molar-refractivity contribution in [2.45, 2.75) is 32.8 Å². The number of nitrogens with one attached hydrogen (secondary N) is 1. The Balaban J connectivity index is 1.76. The number of thiophene rings is 1. The summed E-state index contributed by atoms with van der Waals surface area (Å²) in [5, 5.41) is 5.46. The topological polar surface area (TPSA) is 30.5 Å². The zero-order valence-electron chi connectivity index (χ0n) is 11.5. The summed E-state index contributed by atoms with van der Waals surface area (Å²) in [5.74, 6) is 0. The number of ether oxygens (including phenoxy) is 2. The van der Waals surface area contributed by atoms with Crippen LogP contribution < -0.4 is 5.32 Å². The predicted molar refractivity (Wildman–Crippen MR) is 77.4 cm³/mol. The Bertz CT molecular complexity index is 275. The fraction of sp³-hybridized carbons (Fsp3) is 0.714. The molecule has 0 saturated heterocycles. The molecule has 0 aliphatic rings. The molecule has 0 saturated carbocycles. The van der Waals surface area contributed by atoms with E-state index in [9.17, 15) is 0 Å². The third-order valence-corrected chi connectivity index (χ3v) is 3.38. The highest BCUT2D eigenvalue weighted by Crippen LogP contribution is 2.08. The second-order valence-electron chi connectivity index (χ2n) is 4.46. The lowest BCUT2D eigenvalue weighted by molar-refractivity contribution is 0.0764. The lowest BCUT2D eigenvalue weighted by Crippen LogP contribution is -2.22.